The number of hydrogen-bond donors (Lipinski definition) is 0. The van der Waals surface area contributed by atoms with Crippen molar-refractivity contribution in [3.05, 3.63) is 40.5 Å². The highest BCUT2D eigenvalue weighted by molar-refractivity contribution is 7.90. The first kappa shape index (κ1) is 13.6. The highest BCUT2D eigenvalue weighted by Gasteiger charge is 2.21. The van der Waals surface area contributed by atoms with Crippen LogP contribution in [0.15, 0.2) is 29.4 Å². The number of nitrogens with zero attached hydrogens (tertiary/aromatic N) is 5. The summed E-state index contributed by atoms with van der Waals surface area (Å²) >= 11 is 0. The average Bonchev–Trinajstić information content (AvgIpc) is 2.84. The predicted octanol–water partition coefficient (Wildman–Crippen LogP) is 0.451. The number of benzene rings is 1. The summed E-state index contributed by atoms with van der Waals surface area (Å²) < 4.78 is 24.0. The standard InChI is InChI=1S/C10H7N5O4S/c1-20(18,19)7-2-3-8(9(4-7)15(16)17)14-6-12-13-10(14)5-11/h2-4,6H,1H3. The van der Waals surface area contributed by atoms with Crippen LogP contribution in [0.4, 0.5) is 5.69 Å². The Kier molecular flexibility index (Phi) is 3.21. The van der Waals surface area contributed by atoms with Gasteiger partial charge in [0, 0.05) is 12.3 Å². The number of rotatable bonds is 3. The highest BCUT2D eigenvalue weighted by atomic mass is 32.2. The lowest BCUT2D eigenvalue weighted by Crippen LogP contribution is -2.04. The van der Waals surface area contributed by atoms with Crippen molar-refractivity contribution in [3.8, 4) is 11.8 Å². The van der Waals surface area contributed by atoms with Crippen LogP contribution in [0, 0.1) is 21.4 Å². The monoisotopic (exact) mass is 293 g/mol. The quantitative estimate of drug-likeness (QED) is 0.592. The van der Waals surface area contributed by atoms with Gasteiger partial charge in [0.1, 0.15) is 18.1 Å². The second kappa shape index (κ2) is 4.71. The minimum Gasteiger partial charge on any atom is -0.266 e. The van der Waals surface area contributed by atoms with Crippen LogP contribution < -0.4 is 0 Å². The summed E-state index contributed by atoms with van der Waals surface area (Å²) in [5.74, 6) is -0.139. The summed E-state index contributed by atoms with van der Waals surface area (Å²) in [5, 5.41) is 26.9. The Balaban J connectivity index is 2.73. The molecule has 0 saturated carbocycles. The first-order valence-electron chi connectivity index (χ1n) is 5.13. The van der Waals surface area contributed by atoms with Crippen molar-refractivity contribution in [3.63, 3.8) is 0 Å². The zero-order chi connectivity index (χ0) is 14.9. The predicted molar refractivity (Wildman–Crippen MR) is 65.8 cm³/mol. The first-order chi connectivity index (χ1) is 9.34. The van der Waals surface area contributed by atoms with Crippen LogP contribution in [0.1, 0.15) is 5.82 Å². The van der Waals surface area contributed by atoms with E-state index in [9.17, 15) is 18.5 Å². The van der Waals surface area contributed by atoms with Gasteiger partial charge in [-0.05, 0) is 12.1 Å². The second-order valence-electron chi connectivity index (χ2n) is 3.82. The molecule has 0 radical (unpaired) electrons. The third-order valence-electron chi connectivity index (χ3n) is 2.48. The minimum atomic E-state index is -3.57. The van der Waals surface area contributed by atoms with Crippen molar-refractivity contribution in [1.82, 2.24) is 14.8 Å². The van der Waals surface area contributed by atoms with Crippen LogP contribution in [0.5, 0.6) is 0 Å². The van der Waals surface area contributed by atoms with Gasteiger partial charge < -0.3 is 0 Å². The maximum atomic E-state index is 11.4. The number of sulfone groups is 1. The molecule has 2 rings (SSSR count). The molecule has 102 valence electrons. The van der Waals surface area contributed by atoms with Crippen molar-refractivity contribution in [1.29, 1.82) is 5.26 Å². The molecule has 0 amide bonds. The lowest BCUT2D eigenvalue weighted by molar-refractivity contribution is -0.384. The number of aromatic nitrogens is 3. The molecule has 20 heavy (non-hydrogen) atoms. The average molecular weight is 293 g/mol. The topological polar surface area (TPSA) is 132 Å². The van der Waals surface area contributed by atoms with Crippen LogP contribution in [0.3, 0.4) is 0 Å². The fraction of sp³-hybridized carbons (Fsp3) is 0.100. The third kappa shape index (κ3) is 2.34. The summed E-state index contributed by atoms with van der Waals surface area (Å²) in [4.78, 5) is 10.2. The molecule has 0 unspecified atom stereocenters. The van der Waals surface area contributed by atoms with Crippen molar-refractivity contribution in [2.75, 3.05) is 6.26 Å². The van der Waals surface area contributed by atoms with Gasteiger partial charge >= 0.3 is 0 Å². The Morgan fingerprint density at radius 3 is 2.70 bits per heavy atom. The van der Waals surface area contributed by atoms with E-state index in [2.05, 4.69) is 10.2 Å². The highest BCUT2D eigenvalue weighted by Crippen LogP contribution is 2.26. The largest absolute Gasteiger partial charge is 0.294 e. The number of nitro benzene ring substituents is 1. The Bertz CT molecular complexity index is 834. The zero-order valence-electron chi connectivity index (χ0n) is 10.1. The van der Waals surface area contributed by atoms with E-state index in [1.807, 2.05) is 0 Å². The van der Waals surface area contributed by atoms with Gasteiger partial charge in [-0.15, -0.1) is 10.2 Å². The van der Waals surface area contributed by atoms with Gasteiger partial charge in [-0.3, -0.25) is 14.7 Å². The van der Waals surface area contributed by atoms with Crippen LogP contribution in [0.25, 0.3) is 5.69 Å². The van der Waals surface area contributed by atoms with Gasteiger partial charge in [0.2, 0.25) is 5.82 Å². The second-order valence-corrected chi connectivity index (χ2v) is 5.83. The molecular formula is C10H7N5O4S. The Morgan fingerprint density at radius 2 is 2.15 bits per heavy atom. The molecule has 0 aliphatic rings. The Morgan fingerprint density at radius 1 is 1.45 bits per heavy atom. The molecule has 0 aliphatic heterocycles. The number of nitro groups is 1. The summed E-state index contributed by atoms with van der Waals surface area (Å²) in [6.45, 7) is 0. The molecule has 0 saturated heterocycles. The third-order valence-corrected chi connectivity index (χ3v) is 3.59. The molecule has 0 bridgehead atoms. The fourth-order valence-corrected chi connectivity index (χ4v) is 2.21. The molecule has 1 aromatic heterocycles. The molecule has 1 aromatic carbocycles. The number of nitriles is 1. The molecule has 0 fully saturated rings. The maximum Gasteiger partial charge on any atom is 0.294 e. The van der Waals surface area contributed by atoms with E-state index in [1.165, 1.54) is 12.1 Å². The van der Waals surface area contributed by atoms with E-state index < -0.39 is 20.4 Å². The Hall–Kier alpha value is -2.80. The molecule has 2 aromatic rings. The summed E-state index contributed by atoms with van der Waals surface area (Å²) in [6.07, 6.45) is 2.09. The molecule has 0 aliphatic carbocycles. The minimum absolute atomic E-state index is 0.0175. The lowest BCUT2D eigenvalue weighted by atomic mass is 10.2. The van der Waals surface area contributed by atoms with Crippen molar-refractivity contribution >= 4 is 15.5 Å². The molecular weight excluding hydrogens is 286 g/mol. The molecule has 10 heteroatoms. The van der Waals surface area contributed by atoms with Gasteiger partial charge in [-0.25, -0.2) is 8.42 Å². The zero-order valence-corrected chi connectivity index (χ0v) is 10.9. The summed E-state index contributed by atoms with van der Waals surface area (Å²) in [7, 11) is -3.57. The van der Waals surface area contributed by atoms with E-state index in [0.29, 0.717) is 0 Å². The SMILES string of the molecule is CS(=O)(=O)c1ccc(-n2cnnc2C#N)c([N+](=O)[O-])c1. The Labute approximate surface area is 113 Å². The van der Waals surface area contributed by atoms with Gasteiger partial charge in [0.15, 0.2) is 9.84 Å². The van der Waals surface area contributed by atoms with E-state index in [0.717, 1.165) is 23.2 Å². The van der Waals surface area contributed by atoms with Crippen LogP contribution in [-0.4, -0.2) is 34.4 Å². The van der Waals surface area contributed by atoms with Crippen molar-refractivity contribution in [2.24, 2.45) is 0 Å². The van der Waals surface area contributed by atoms with Crippen LogP contribution in [-0.2, 0) is 9.84 Å². The molecule has 1 heterocycles. The number of hydrogen-bond acceptors (Lipinski definition) is 7. The smallest absolute Gasteiger partial charge is 0.266 e. The van der Waals surface area contributed by atoms with Gasteiger partial charge in [-0.1, -0.05) is 0 Å². The normalized spacial score (nSPS) is 11.0. The van der Waals surface area contributed by atoms with E-state index >= 15 is 0 Å². The molecule has 0 atom stereocenters. The van der Waals surface area contributed by atoms with Crippen LogP contribution in [0.2, 0.25) is 0 Å². The summed E-state index contributed by atoms with van der Waals surface area (Å²) in [5.41, 5.74) is -0.437. The van der Waals surface area contributed by atoms with Gasteiger partial charge in [-0.2, -0.15) is 5.26 Å². The van der Waals surface area contributed by atoms with Crippen molar-refractivity contribution < 1.29 is 13.3 Å². The lowest BCUT2D eigenvalue weighted by Gasteiger charge is -2.05. The first-order valence-corrected chi connectivity index (χ1v) is 7.02. The maximum absolute atomic E-state index is 11.4. The summed E-state index contributed by atoms with van der Waals surface area (Å²) in [6, 6.07) is 5.13. The van der Waals surface area contributed by atoms with E-state index in [1.54, 1.807) is 6.07 Å². The molecule has 0 spiro atoms. The van der Waals surface area contributed by atoms with Gasteiger partial charge in [0.25, 0.3) is 5.69 Å². The van der Waals surface area contributed by atoms with Crippen molar-refractivity contribution in [2.45, 2.75) is 4.90 Å². The molecule has 0 N–H and O–H groups in total. The van der Waals surface area contributed by atoms with Gasteiger partial charge in [0.05, 0.1) is 9.82 Å². The van der Waals surface area contributed by atoms with E-state index in [4.69, 9.17) is 5.26 Å². The molecule has 9 nitrogen and oxygen atoms in total. The van der Waals surface area contributed by atoms with E-state index in [-0.39, 0.29) is 16.4 Å². The van der Waals surface area contributed by atoms with Crippen LogP contribution >= 0.6 is 0 Å². The fourth-order valence-electron chi connectivity index (χ4n) is 1.57.